The first kappa shape index (κ1) is 22.6. The van der Waals surface area contributed by atoms with Crippen molar-refractivity contribution in [2.24, 2.45) is 0 Å². The zero-order chi connectivity index (χ0) is 23.2. The summed E-state index contributed by atoms with van der Waals surface area (Å²) in [6, 6.07) is 11.2. The fourth-order valence-corrected chi connectivity index (χ4v) is 3.90. The topological polar surface area (TPSA) is 106 Å². The molecule has 2 aromatic heterocycles. The molecule has 0 unspecified atom stereocenters. The van der Waals surface area contributed by atoms with Crippen LogP contribution < -0.4 is 10.1 Å². The van der Waals surface area contributed by atoms with Crippen molar-refractivity contribution >= 4 is 22.9 Å². The Bertz CT molecular complexity index is 1100. The molecule has 2 amide bonds. The minimum absolute atomic E-state index is 0.0335. The molecule has 4 rings (SSSR count). The maximum Gasteiger partial charge on any atom is 0.409 e. The molecule has 1 aromatic carbocycles. The predicted octanol–water partition coefficient (Wildman–Crippen LogP) is 2.75. The molecule has 2 N–H and O–H groups in total. The van der Waals surface area contributed by atoms with Crippen molar-refractivity contribution in [3.8, 4) is 11.6 Å². The molecule has 0 aliphatic carbocycles. The summed E-state index contributed by atoms with van der Waals surface area (Å²) in [5.74, 6) is 1.21. The maximum absolute atomic E-state index is 12.1. The molecule has 174 valence electrons. The van der Waals surface area contributed by atoms with Gasteiger partial charge in [-0.2, -0.15) is 0 Å². The summed E-state index contributed by atoms with van der Waals surface area (Å²) in [7, 11) is 0. The molecule has 1 aliphatic rings. The average molecular weight is 453 g/mol. The standard InChI is InChI=1S/C24H28N4O5/c1-2-32-24(31)27-11-8-19(9-12-27)33-20-4-6-22(26-16-20)28-13-7-17-15-18(3-5-21(17)28)23(30)25-10-14-29/h3-7,13,15-16,19,29H,2,8-12,14H2,1H3,(H,25,30). The largest absolute Gasteiger partial charge is 0.489 e. The van der Waals surface area contributed by atoms with Gasteiger partial charge in [-0.3, -0.25) is 4.79 Å². The Morgan fingerprint density at radius 2 is 2.00 bits per heavy atom. The summed E-state index contributed by atoms with van der Waals surface area (Å²) in [6.45, 7) is 3.54. The minimum Gasteiger partial charge on any atom is -0.489 e. The van der Waals surface area contributed by atoms with Gasteiger partial charge in [-0.05, 0) is 43.3 Å². The third kappa shape index (κ3) is 5.25. The van der Waals surface area contributed by atoms with Crippen molar-refractivity contribution < 1.29 is 24.2 Å². The number of piperidine rings is 1. The first-order valence-corrected chi connectivity index (χ1v) is 11.1. The van der Waals surface area contributed by atoms with E-state index in [1.165, 1.54) is 0 Å². The Labute approximate surface area is 191 Å². The van der Waals surface area contributed by atoms with Gasteiger partial charge in [0.05, 0.1) is 24.9 Å². The Hall–Kier alpha value is -3.59. The van der Waals surface area contributed by atoms with E-state index in [-0.39, 0.29) is 31.3 Å². The number of rotatable bonds is 7. The van der Waals surface area contributed by atoms with Crippen LogP contribution in [0.1, 0.15) is 30.1 Å². The van der Waals surface area contributed by atoms with Crippen LogP contribution in [0.2, 0.25) is 0 Å². The molecular weight excluding hydrogens is 424 g/mol. The molecule has 1 fully saturated rings. The van der Waals surface area contributed by atoms with Crippen LogP contribution in [0.5, 0.6) is 5.75 Å². The number of hydrogen-bond acceptors (Lipinski definition) is 6. The van der Waals surface area contributed by atoms with Crippen molar-refractivity contribution in [1.82, 2.24) is 19.8 Å². The van der Waals surface area contributed by atoms with E-state index in [2.05, 4.69) is 10.3 Å². The highest BCUT2D eigenvalue weighted by Crippen LogP contribution is 2.23. The van der Waals surface area contributed by atoms with Crippen LogP contribution in [-0.2, 0) is 4.74 Å². The Balaban J connectivity index is 1.39. The number of fused-ring (bicyclic) bond motifs is 1. The lowest BCUT2D eigenvalue weighted by Gasteiger charge is -2.31. The van der Waals surface area contributed by atoms with Gasteiger partial charge >= 0.3 is 6.09 Å². The molecule has 0 saturated carbocycles. The molecule has 9 heteroatoms. The minimum atomic E-state index is -0.265. The predicted molar refractivity (Wildman–Crippen MR) is 123 cm³/mol. The first-order chi connectivity index (χ1) is 16.1. The summed E-state index contributed by atoms with van der Waals surface area (Å²) in [6.07, 6.45) is 4.88. The molecular formula is C24H28N4O5. The molecule has 33 heavy (non-hydrogen) atoms. The maximum atomic E-state index is 12.1. The smallest absolute Gasteiger partial charge is 0.409 e. The number of ether oxygens (including phenoxy) is 2. The van der Waals surface area contributed by atoms with E-state index in [9.17, 15) is 9.59 Å². The van der Waals surface area contributed by atoms with Gasteiger partial charge < -0.3 is 29.4 Å². The van der Waals surface area contributed by atoms with Gasteiger partial charge in [0.15, 0.2) is 0 Å². The van der Waals surface area contributed by atoms with E-state index < -0.39 is 0 Å². The number of aliphatic hydroxyl groups excluding tert-OH is 1. The number of carbonyl (C=O) groups excluding carboxylic acids is 2. The molecule has 1 aliphatic heterocycles. The zero-order valence-corrected chi connectivity index (χ0v) is 18.6. The molecule has 0 spiro atoms. The van der Waals surface area contributed by atoms with Gasteiger partial charge in [0, 0.05) is 49.6 Å². The number of carbonyl (C=O) groups is 2. The second-order valence-corrected chi connectivity index (χ2v) is 7.79. The van der Waals surface area contributed by atoms with Crippen LogP contribution in [0.15, 0.2) is 48.8 Å². The lowest BCUT2D eigenvalue weighted by Crippen LogP contribution is -2.42. The third-order valence-corrected chi connectivity index (χ3v) is 5.59. The summed E-state index contributed by atoms with van der Waals surface area (Å²) in [5, 5.41) is 12.4. The molecule has 1 saturated heterocycles. The van der Waals surface area contributed by atoms with Crippen molar-refractivity contribution in [3.63, 3.8) is 0 Å². The molecule has 3 aromatic rings. The molecule has 0 bridgehead atoms. The summed E-state index contributed by atoms with van der Waals surface area (Å²) < 4.78 is 13.1. The quantitative estimate of drug-likeness (QED) is 0.571. The van der Waals surface area contributed by atoms with Crippen molar-refractivity contribution in [2.75, 3.05) is 32.8 Å². The van der Waals surface area contributed by atoms with E-state index >= 15 is 0 Å². The first-order valence-electron chi connectivity index (χ1n) is 11.1. The van der Waals surface area contributed by atoms with Crippen LogP contribution in [0, 0.1) is 0 Å². The Morgan fingerprint density at radius 1 is 1.18 bits per heavy atom. The highest BCUT2D eigenvalue weighted by molar-refractivity contribution is 5.98. The summed E-state index contributed by atoms with van der Waals surface area (Å²) >= 11 is 0. The highest BCUT2D eigenvalue weighted by Gasteiger charge is 2.24. The summed E-state index contributed by atoms with van der Waals surface area (Å²) in [5.41, 5.74) is 1.47. The van der Waals surface area contributed by atoms with E-state index in [0.717, 1.165) is 29.6 Å². The van der Waals surface area contributed by atoms with Crippen LogP contribution >= 0.6 is 0 Å². The van der Waals surface area contributed by atoms with Crippen molar-refractivity contribution in [3.05, 3.63) is 54.4 Å². The van der Waals surface area contributed by atoms with Crippen molar-refractivity contribution in [1.29, 1.82) is 0 Å². The van der Waals surface area contributed by atoms with Gasteiger partial charge in [-0.1, -0.05) is 0 Å². The normalized spacial score (nSPS) is 14.3. The summed E-state index contributed by atoms with van der Waals surface area (Å²) in [4.78, 5) is 30.2. The Morgan fingerprint density at radius 3 is 2.70 bits per heavy atom. The van der Waals surface area contributed by atoms with E-state index in [1.807, 2.05) is 41.1 Å². The van der Waals surface area contributed by atoms with Gasteiger partial charge in [-0.15, -0.1) is 0 Å². The molecule has 9 nitrogen and oxygen atoms in total. The number of aromatic nitrogens is 2. The third-order valence-electron chi connectivity index (χ3n) is 5.59. The Kier molecular flexibility index (Phi) is 7.09. The monoisotopic (exact) mass is 452 g/mol. The SMILES string of the molecule is CCOC(=O)N1CCC(Oc2ccc(-n3ccc4cc(C(=O)NCCO)ccc43)nc2)CC1. The van der Waals surface area contributed by atoms with E-state index in [1.54, 1.807) is 24.1 Å². The van der Waals surface area contributed by atoms with Gasteiger partial charge in [0.1, 0.15) is 17.7 Å². The lowest BCUT2D eigenvalue weighted by atomic mass is 10.1. The number of aliphatic hydroxyl groups is 1. The van der Waals surface area contributed by atoms with Crippen LogP contribution in [0.3, 0.4) is 0 Å². The fourth-order valence-electron chi connectivity index (χ4n) is 3.90. The van der Waals surface area contributed by atoms with Crippen LogP contribution in [0.4, 0.5) is 4.79 Å². The number of pyridine rings is 1. The van der Waals surface area contributed by atoms with E-state index in [0.29, 0.717) is 31.0 Å². The molecule has 0 atom stereocenters. The number of amides is 2. The van der Waals surface area contributed by atoms with Gasteiger partial charge in [0.2, 0.25) is 0 Å². The van der Waals surface area contributed by atoms with Crippen LogP contribution in [-0.4, -0.2) is 70.5 Å². The second kappa shape index (κ2) is 10.4. The van der Waals surface area contributed by atoms with Gasteiger partial charge in [-0.25, -0.2) is 9.78 Å². The fraction of sp³-hybridized carbons (Fsp3) is 0.375. The molecule has 3 heterocycles. The number of nitrogens with one attached hydrogen (secondary N) is 1. The number of likely N-dealkylation sites (tertiary alicyclic amines) is 1. The average Bonchev–Trinajstić information content (AvgIpc) is 3.27. The van der Waals surface area contributed by atoms with Gasteiger partial charge in [0.25, 0.3) is 5.91 Å². The number of benzene rings is 1. The van der Waals surface area contributed by atoms with Crippen LogP contribution in [0.25, 0.3) is 16.7 Å². The van der Waals surface area contributed by atoms with Crippen molar-refractivity contribution in [2.45, 2.75) is 25.9 Å². The second-order valence-electron chi connectivity index (χ2n) is 7.79. The number of nitrogens with zero attached hydrogens (tertiary/aromatic N) is 3. The highest BCUT2D eigenvalue weighted by atomic mass is 16.6. The zero-order valence-electron chi connectivity index (χ0n) is 18.6. The van der Waals surface area contributed by atoms with E-state index in [4.69, 9.17) is 14.6 Å². The lowest BCUT2D eigenvalue weighted by molar-refractivity contribution is 0.0702. The number of hydrogen-bond donors (Lipinski definition) is 2. The molecule has 0 radical (unpaired) electrons.